The second-order valence-corrected chi connectivity index (χ2v) is 4.98. The van der Waals surface area contributed by atoms with E-state index in [-0.39, 0.29) is 5.41 Å². The maximum atomic E-state index is 8.92. The van der Waals surface area contributed by atoms with Crippen LogP contribution in [-0.4, -0.2) is 13.7 Å². The molecule has 0 saturated heterocycles. The van der Waals surface area contributed by atoms with E-state index in [2.05, 4.69) is 6.07 Å². The fraction of sp³-hybridized carbons (Fsp3) is 0.500. The van der Waals surface area contributed by atoms with Crippen molar-refractivity contribution in [1.82, 2.24) is 0 Å². The first kappa shape index (κ1) is 14.7. The molecule has 98 valence electrons. The summed E-state index contributed by atoms with van der Waals surface area (Å²) in [5.74, 6) is 1.79. The number of nitrogens with zero attached hydrogens (tertiary/aromatic N) is 1. The number of methoxy groups -OCH3 is 1. The van der Waals surface area contributed by atoms with E-state index in [1.165, 1.54) is 0 Å². The molecule has 18 heavy (non-hydrogen) atoms. The Hall–Kier alpha value is -1.40. The molecule has 3 nitrogen and oxygen atoms in total. The van der Waals surface area contributed by atoms with Crippen molar-refractivity contribution in [2.24, 2.45) is 5.41 Å². The molecule has 1 rings (SSSR count). The molecule has 0 amide bonds. The van der Waals surface area contributed by atoms with Gasteiger partial charge in [-0.25, -0.2) is 0 Å². The third-order valence-electron chi connectivity index (χ3n) is 2.67. The molecule has 0 fully saturated rings. The monoisotopic (exact) mass is 267 g/mol. The van der Waals surface area contributed by atoms with E-state index in [4.69, 9.17) is 26.3 Å². The summed E-state index contributed by atoms with van der Waals surface area (Å²) in [5.41, 5.74) is 0.613. The van der Waals surface area contributed by atoms with Crippen molar-refractivity contribution in [3.05, 3.63) is 23.8 Å². The van der Waals surface area contributed by atoms with Gasteiger partial charge >= 0.3 is 0 Å². The summed E-state index contributed by atoms with van der Waals surface area (Å²) in [5, 5.41) is 8.92. The van der Waals surface area contributed by atoms with E-state index in [9.17, 15) is 0 Å². The highest BCUT2D eigenvalue weighted by Gasteiger charge is 2.17. The molecular formula is C14H18ClNO2. The van der Waals surface area contributed by atoms with Gasteiger partial charge in [0.1, 0.15) is 0 Å². The fourth-order valence-electron chi connectivity index (χ4n) is 1.39. The summed E-state index contributed by atoms with van der Waals surface area (Å²) in [6, 6.07) is 7.85. The highest BCUT2D eigenvalue weighted by Crippen LogP contribution is 2.29. The van der Waals surface area contributed by atoms with E-state index in [0.717, 1.165) is 5.56 Å². The lowest BCUT2D eigenvalue weighted by atomic mass is 9.92. The fourth-order valence-corrected chi connectivity index (χ4v) is 1.55. The number of ether oxygens (including phenoxy) is 2. The van der Waals surface area contributed by atoms with Crippen molar-refractivity contribution >= 4 is 11.6 Å². The van der Waals surface area contributed by atoms with Crippen LogP contribution in [-0.2, 0) is 5.88 Å². The lowest BCUT2D eigenvalue weighted by Gasteiger charge is -2.16. The van der Waals surface area contributed by atoms with Crippen molar-refractivity contribution in [2.75, 3.05) is 13.7 Å². The summed E-state index contributed by atoms with van der Waals surface area (Å²) in [7, 11) is 1.60. The summed E-state index contributed by atoms with van der Waals surface area (Å²) < 4.78 is 10.9. The van der Waals surface area contributed by atoms with Gasteiger partial charge in [-0.2, -0.15) is 5.26 Å². The first-order valence-corrected chi connectivity index (χ1v) is 6.33. The highest BCUT2D eigenvalue weighted by molar-refractivity contribution is 6.17. The van der Waals surface area contributed by atoms with Crippen LogP contribution >= 0.6 is 11.6 Å². The Kier molecular flexibility index (Phi) is 5.30. The van der Waals surface area contributed by atoms with Crippen LogP contribution in [0.1, 0.15) is 25.8 Å². The standard InChI is InChI=1S/C14H18ClNO2/c1-14(2,10-16)6-7-18-12-5-4-11(9-15)8-13(12)17-3/h4-5,8H,6-7,9H2,1-3H3. The van der Waals surface area contributed by atoms with Gasteiger partial charge in [0.15, 0.2) is 11.5 Å². The minimum atomic E-state index is -0.372. The Balaban J connectivity index is 2.65. The van der Waals surface area contributed by atoms with Gasteiger partial charge in [0.05, 0.1) is 25.2 Å². The quantitative estimate of drug-likeness (QED) is 0.737. The van der Waals surface area contributed by atoms with Crippen LogP contribution in [0.3, 0.4) is 0 Å². The third-order valence-corrected chi connectivity index (χ3v) is 2.98. The van der Waals surface area contributed by atoms with Gasteiger partial charge in [-0.15, -0.1) is 11.6 Å². The van der Waals surface area contributed by atoms with Crippen LogP contribution in [0, 0.1) is 16.7 Å². The minimum Gasteiger partial charge on any atom is -0.493 e. The molecule has 0 atom stereocenters. The molecule has 0 aliphatic carbocycles. The molecule has 0 aromatic heterocycles. The number of hydrogen-bond donors (Lipinski definition) is 0. The molecule has 1 aromatic carbocycles. The van der Waals surface area contributed by atoms with Crippen LogP contribution in [0.25, 0.3) is 0 Å². The van der Waals surface area contributed by atoms with Gasteiger partial charge in [0.25, 0.3) is 0 Å². The summed E-state index contributed by atoms with van der Waals surface area (Å²) in [6.07, 6.45) is 0.671. The summed E-state index contributed by atoms with van der Waals surface area (Å²) in [6.45, 7) is 4.27. The van der Waals surface area contributed by atoms with Crippen LogP contribution < -0.4 is 9.47 Å². The Bertz CT molecular complexity index is 438. The molecule has 0 aliphatic heterocycles. The molecule has 0 heterocycles. The van der Waals surface area contributed by atoms with Crippen LogP contribution in [0.4, 0.5) is 0 Å². The third kappa shape index (κ3) is 4.12. The van der Waals surface area contributed by atoms with Crippen molar-refractivity contribution in [2.45, 2.75) is 26.1 Å². The Morgan fingerprint density at radius 1 is 1.33 bits per heavy atom. The number of nitriles is 1. The topological polar surface area (TPSA) is 42.2 Å². The predicted molar refractivity (Wildman–Crippen MR) is 72.1 cm³/mol. The highest BCUT2D eigenvalue weighted by atomic mass is 35.5. The number of rotatable bonds is 6. The lowest BCUT2D eigenvalue weighted by Crippen LogP contribution is -2.13. The molecule has 0 saturated carbocycles. The van der Waals surface area contributed by atoms with Crippen molar-refractivity contribution in [1.29, 1.82) is 5.26 Å². The zero-order valence-corrected chi connectivity index (χ0v) is 11.8. The van der Waals surface area contributed by atoms with Crippen molar-refractivity contribution < 1.29 is 9.47 Å². The first-order valence-electron chi connectivity index (χ1n) is 5.79. The molecule has 4 heteroatoms. The Labute approximate surface area is 113 Å². The molecule has 0 bridgehead atoms. The second kappa shape index (κ2) is 6.51. The molecule has 0 spiro atoms. The van der Waals surface area contributed by atoms with Gasteiger partial charge in [0, 0.05) is 5.88 Å². The molecule has 1 aromatic rings. The lowest BCUT2D eigenvalue weighted by molar-refractivity contribution is 0.252. The van der Waals surface area contributed by atoms with Gasteiger partial charge in [0.2, 0.25) is 0 Å². The average Bonchev–Trinajstić information content (AvgIpc) is 2.38. The zero-order chi connectivity index (χ0) is 13.6. The van der Waals surface area contributed by atoms with E-state index < -0.39 is 0 Å². The zero-order valence-electron chi connectivity index (χ0n) is 11.0. The van der Waals surface area contributed by atoms with Crippen LogP contribution in [0.2, 0.25) is 0 Å². The minimum absolute atomic E-state index is 0.372. The molecule has 0 radical (unpaired) electrons. The van der Waals surface area contributed by atoms with Crippen LogP contribution in [0.15, 0.2) is 18.2 Å². The summed E-state index contributed by atoms with van der Waals surface area (Å²) >= 11 is 5.76. The van der Waals surface area contributed by atoms with E-state index in [0.29, 0.717) is 30.4 Å². The number of benzene rings is 1. The smallest absolute Gasteiger partial charge is 0.161 e. The van der Waals surface area contributed by atoms with Gasteiger partial charge in [-0.1, -0.05) is 6.07 Å². The van der Waals surface area contributed by atoms with Crippen LogP contribution in [0.5, 0.6) is 11.5 Å². The van der Waals surface area contributed by atoms with Gasteiger partial charge in [-0.3, -0.25) is 0 Å². The summed E-state index contributed by atoms with van der Waals surface area (Å²) in [4.78, 5) is 0. The molecular weight excluding hydrogens is 250 g/mol. The number of hydrogen-bond acceptors (Lipinski definition) is 3. The second-order valence-electron chi connectivity index (χ2n) is 4.71. The number of alkyl halides is 1. The van der Waals surface area contributed by atoms with Gasteiger partial charge in [-0.05, 0) is 38.0 Å². The van der Waals surface area contributed by atoms with E-state index in [1.54, 1.807) is 7.11 Å². The Morgan fingerprint density at radius 3 is 2.61 bits per heavy atom. The molecule has 0 N–H and O–H groups in total. The predicted octanol–water partition coefficient (Wildman–Crippen LogP) is 3.75. The van der Waals surface area contributed by atoms with Crippen molar-refractivity contribution in [3.63, 3.8) is 0 Å². The van der Waals surface area contributed by atoms with E-state index in [1.807, 2.05) is 32.0 Å². The maximum Gasteiger partial charge on any atom is 0.161 e. The number of halogens is 1. The SMILES string of the molecule is COc1cc(CCl)ccc1OCCC(C)(C)C#N. The molecule has 0 unspecified atom stereocenters. The molecule has 0 aliphatic rings. The largest absolute Gasteiger partial charge is 0.493 e. The first-order chi connectivity index (χ1) is 8.52. The van der Waals surface area contributed by atoms with Gasteiger partial charge < -0.3 is 9.47 Å². The van der Waals surface area contributed by atoms with E-state index >= 15 is 0 Å². The maximum absolute atomic E-state index is 8.92. The normalized spacial score (nSPS) is 10.8. The van der Waals surface area contributed by atoms with Crippen molar-refractivity contribution in [3.8, 4) is 17.6 Å². The average molecular weight is 268 g/mol. The Morgan fingerprint density at radius 2 is 2.06 bits per heavy atom.